The zero-order chi connectivity index (χ0) is 10.4. The van der Waals surface area contributed by atoms with E-state index in [2.05, 4.69) is 5.73 Å². The standard InChI is InChI=1S/C3H6O3.C2H7NO3/c1-2(4)3(5)6;3-1-2(4,5)6/h2,4H,1H3,(H,5,6);4-6H,1,3H2. The molecule has 0 rings (SSSR count). The van der Waals surface area contributed by atoms with Crippen LogP contribution >= 0.6 is 0 Å². The SMILES string of the molecule is CC(O)C(=O)O.NCC(O)(O)O. The third-order valence-corrected chi connectivity index (χ3v) is 0.631. The van der Waals surface area contributed by atoms with Gasteiger partial charge in [0.15, 0.2) is 0 Å². The van der Waals surface area contributed by atoms with E-state index >= 15 is 0 Å². The van der Waals surface area contributed by atoms with Crippen LogP contribution in [0.25, 0.3) is 0 Å². The van der Waals surface area contributed by atoms with Crippen LogP contribution in [0.3, 0.4) is 0 Å². The van der Waals surface area contributed by atoms with E-state index in [1.165, 1.54) is 6.92 Å². The maximum atomic E-state index is 9.45. The predicted molar refractivity (Wildman–Crippen MR) is 37.8 cm³/mol. The molecule has 12 heavy (non-hydrogen) atoms. The van der Waals surface area contributed by atoms with E-state index in [1.807, 2.05) is 0 Å². The molecule has 7 nitrogen and oxygen atoms in total. The Morgan fingerprint density at radius 1 is 1.50 bits per heavy atom. The van der Waals surface area contributed by atoms with Gasteiger partial charge in [0, 0.05) is 0 Å². The molecular weight excluding hydrogens is 170 g/mol. The van der Waals surface area contributed by atoms with Crippen molar-refractivity contribution in [3.63, 3.8) is 0 Å². The van der Waals surface area contributed by atoms with E-state index in [-0.39, 0.29) is 0 Å². The number of carbonyl (C=O) groups is 1. The normalized spacial score (nSPS) is 12.8. The van der Waals surface area contributed by atoms with Crippen LogP contribution < -0.4 is 5.73 Å². The molecule has 0 fully saturated rings. The van der Waals surface area contributed by atoms with Gasteiger partial charge in [-0.15, -0.1) is 0 Å². The molecule has 0 aromatic rings. The molecule has 7 N–H and O–H groups in total. The monoisotopic (exact) mass is 183 g/mol. The second-order valence-corrected chi connectivity index (χ2v) is 1.99. The first kappa shape index (κ1) is 13.8. The fraction of sp³-hybridized carbons (Fsp3) is 0.800. The third kappa shape index (κ3) is 16.1. The molecule has 0 bridgehead atoms. The summed E-state index contributed by atoms with van der Waals surface area (Å²) in [4.78, 5) is 9.45. The highest BCUT2D eigenvalue weighted by molar-refractivity contribution is 5.71. The molecule has 0 aliphatic rings. The Kier molecular flexibility index (Phi) is 6.76. The van der Waals surface area contributed by atoms with E-state index < -0.39 is 24.6 Å². The number of carboxylic acid groups (broad SMARTS) is 1. The lowest BCUT2D eigenvalue weighted by Crippen LogP contribution is -2.36. The number of hydrogen-bond acceptors (Lipinski definition) is 6. The summed E-state index contributed by atoms with van der Waals surface area (Å²) in [5.74, 6) is -3.87. The summed E-state index contributed by atoms with van der Waals surface area (Å²) in [5.41, 5.74) is 4.56. The number of hydrogen-bond donors (Lipinski definition) is 6. The highest BCUT2D eigenvalue weighted by atomic mass is 16.7. The Balaban J connectivity index is 0. The van der Waals surface area contributed by atoms with Crippen molar-refractivity contribution < 1.29 is 30.3 Å². The summed E-state index contributed by atoms with van der Waals surface area (Å²) in [6.45, 7) is 0.634. The maximum Gasteiger partial charge on any atom is 0.332 e. The number of nitrogens with two attached hydrogens (primary N) is 1. The number of aliphatic hydroxyl groups excluding tert-OH is 1. The number of aliphatic hydroxyl groups is 4. The Morgan fingerprint density at radius 2 is 1.67 bits per heavy atom. The summed E-state index contributed by atoms with van der Waals surface area (Å²) < 4.78 is 0. The Hall–Kier alpha value is -0.730. The molecule has 7 heteroatoms. The van der Waals surface area contributed by atoms with Gasteiger partial charge in [-0.1, -0.05) is 0 Å². The molecule has 0 amide bonds. The smallest absolute Gasteiger partial charge is 0.332 e. The molecule has 0 aromatic carbocycles. The zero-order valence-corrected chi connectivity index (χ0v) is 6.51. The maximum absolute atomic E-state index is 9.45. The number of carboxylic acids is 1. The van der Waals surface area contributed by atoms with Crippen LogP contribution in [0.4, 0.5) is 0 Å². The summed E-state index contributed by atoms with van der Waals surface area (Å²) in [7, 11) is 0. The third-order valence-electron chi connectivity index (χ3n) is 0.631. The molecule has 74 valence electrons. The highest BCUT2D eigenvalue weighted by Crippen LogP contribution is 1.82. The topological polar surface area (TPSA) is 144 Å². The van der Waals surface area contributed by atoms with Gasteiger partial charge in [-0.25, -0.2) is 4.79 Å². The van der Waals surface area contributed by atoms with Gasteiger partial charge >= 0.3 is 5.97 Å². The minimum atomic E-state index is -2.68. The van der Waals surface area contributed by atoms with Crippen LogP contribution in [-0.4, -0.2) is 50.1 Å². The van der Waals surface area contributed by atoms with Gasteiger partial charge in [0.25, 0.3) is 5.97 Å². The van der Waals surface area contributed by atoms with Crippen molar-refractivity contribution in [1.29, 1.82) is 0 Å². The van der Waals surface area contributed by atoms with Crippen molar-refractivity contribution in [1.82, 2.24) is 0 Å². The highest BCUT2D eigenvalue weighted by Gasteiger charge is 2.12. The molecule has 1 atom stereocenters. The van der Waals surface area contributed by atoms with Crippen LogP contribution in [0.2, 0.25) is 0 Å². The Labute approximate surface area is 68.7 Å². The predicted octanol–water partition coefficient (Wildman–Crippen LogP) is -2.97. The minimum absolute atomic E-state index is 0.562. The van der Waals surface area contributed by atoms with Crippen LogP contribution in [-0.2, 0) is 4.79 Å². The fourth-order valence-electron chi connectivity index (χ4n) is 0. The molecule has 0 aromatic heterocycles. The molecular formula is C5H13NO6. The van der Waals surface area contributed by atoms with Crippen LogP contribution in [0.1, 0.15) is 6.92 Å². The zero-order valence-electron chi connectivity index (χ0n) is 6.51. The van der Waals surface area contributed by atoms with Crippen LogP contribution in [0.15, 0.2) is 0 Å². The molecule has 0 saturated heterocycles. The molecule has 0 spiro atoms. The number of rotatable bonds is 2. The van der Waals surface area contributed by atoms with Gasteiger partial charge in [0.1, 0.15) is 6.10 Å². The summed E-state index contributed by atoms with van der Waals surface area (Å²) in [6.07, 6.45) is -1.23. The molecule has 0 saturated carbocycles. The first-order valence-electron chi connectivity index (χ1n) is 2.98. The lowest BCUT2D eigenvalue weighted by atomic mass is 10.4. The van der Waals surface area contributed by atoms with Crippen molar-refractivity contribution in [2.45, 2.75) is 19.0 Å². The Bertz CT molecular complexity index is 128. The van der Waals surface area contributed by atoms with Crippen molar-refractivity contribution >= 4 is 5.97 Å². The number of aliphatic carboxylic acids is 1. The molecule has 0 aliphatic carbocycles. The van der Waals surface area contributed by atoms with Gasteiger partial charge < -0.3 is 31.3 Å². The molecule has 0 aliphatic heterocycles. The average molecular weight is 183 g/mol. The lowest BCUT2D eigenvalue weighted by Gasteiger charge is -2.07. The van der Waals surface area contributed by atoms with Gasteiger partial charge in [-0.2, -0.15) is 0 Å². The molecule has 0 heterocycles. The molecule has 0 radical (unpaired) electrons. The lowest BCUT2D eigenvalue weighted by molar-refractivity contribution is -0.302. The molecule has 1 unspecified atom stereocenters. The van der Waals surface area contributed by atoms with Crippen molar-refractivity contribution in [2.75, 3.05) is 6.54 Å². The fourth-order valence-corrected chi connectivity index (χ4v) is 0. The van der Waals surface area contributed by atoms with E-state index in [0.717, 1.165) is 0 Å². The Morgan fingerprint density at radius 3 is 1.67 bits per heavy atom. The van der Waals surface area contributed by atoms with Gasteiger partial charge in [0.2, 0.25) is 0 Å². The minimum Gasteiger partial charge on any atom is -0.479 e. The van der Waals surface area contributed by atoms with E-state index in [4.69, 9.17) is 25.5 Å². The van der Waals surface area contributed by atoms with Gasteiger partial charge in [-0.05, 0) is 6.92 Å². The van der Waals surface area contributed by atoms with Crippen molar-refractivity contribution in [2.24, 2.45) is 5.73 Å². The first-order chi connectivity index (χ1) is 5.20. The second-order valence-electron chi connectivity index (χ2n) is 1.99. The summed E-state index contributed by atoms with van der Waals surface area (Å²) >= 11 is 0. The van der Waals surface area contributed by atoms with Crippen molar-refractivity contribution in [3.05, 3.63) is 0 Å². The van der Waals surface area contributed by atoms with E-state index in [0.29, 0.717) is 0 Å². The first-order valence-corrected chi connectivity index (χ1v) is 2.98. The van der Waals surface area contributed by atoms with E-state index in [9.17, 15) is 4.79 Å². The van der Waals surface area contributed by atoms with Gasteiger partial charge in [0.05, 0.1) is 6.54 Å². The van der Waals surface area contributed by atoms with Gasteiger partial charge in [-0.3, -0.25) is 0 Å². The van der Waals surface area contributed by atoms with E-state index in [1.54, 1.807) is 0 Å². The van der Waals surface area contributed by atoms with Crippen LogP contribution in [0.5, 0.6) is 0 Å². The van der Waals surface area contributed by atoms with Crippen LogP contribution in [0, 0.1) is 0 Å². The van der Waals surface area contributed by atoms with Crippen molar-refractivity contribution in [3.8, 4) is 0 Å². The summed E-state index contributed by atoms with van der Waals surface area (Å²) in [6, 6.07) is 0. The largest absolute Gasteiger partial charge is 0.479 e. The second kappa shape index (κ2) is 5.86. The summed E-state index contributed by atoms with van der Waals surface area (Å²) in [5, 5.41) is 39.2. The quantitative estimate of drug-likeness (QED) is 0.251. The average Bonchev–Trinajstić information content (AvgIpc) is 1.87.